The molecule has 184 valence electrons. The fourth-order valence-corrected chi connectivity index (χ4v) is 5.18. The molecule has 8 nitrogen and oxygen atoms in total. The lowest BCUT2D eigenvalue weighted by Crippen LogP contribution is -2.28. The van der Waals surface area contributed by atoms with Crippen LogP contribution in [0.25, 0.3) is 0 Å². The van der Waals surface area contributed by atoms with Gasteiger partial charge >= 0.3 is 5.97 Å². The van der Waals surface area contributed by atoms with E-state index >= 15 is 0 Å². The normalized spacial score (nSPS) is 17.6. The quantitative estimate of drug-likeness (QED) is 0.464. The highest BCUT2D eigenvalue weighted by Gasteiger charge is 2.37. The topological polar surface area (TPSA) is 125 Å². The molecule has 2 aromatic rings. The molecule has 0 fully saturated rings. The van der Waals surface area contributed by atoms with Crippen LogP contribution in [0.3, 0.4) is 0 Å². The molecule has 0 amide bonds. The smallest absolute Gasteiger partial charge is 0.338 e. The maximum atomic E-state index is 13.6. The van der Waals surface area contributed by atoms with Gasteiger partial charge in [-0.3, -0.25) is 0 Å². The summed E-state index contributed by atoms with van der Waals surface area (Å²) in [6.45, 7) is 3.38. The number of halogens is 1. The number of thioether (sulfide) groups is 1. The number of hydrogen-bond acceptors (Lipinski definition) is 9. The van der Waals surface area contributed by atoms with Gasteiger partial charge in [0.25, 0.3) is 0 Å². The Morgan fingerprint density at radius 2 is 2.08 bits per heavy atom. The highest BCUT2D eigenvalue weighted by molar-refractivity contribution is 7.99. The maximum Gasteiger partial charge on any atom is 0.338 e. The first kappa shape index (κ1) is 25.2. The van der Waals surface area contributed by atoms with Crippen molar-refractivity contribution in [2.24, 2.45) is 5.73 Å². The predicted molar refractivity (Wildman–Crippen MR) is 130 cm³/mol. The van der Waals surface area contributed by atoms with Crippen molar-refractivity contribution in [3.63, 3.8) is 0 Å². The first-order valence-corrected chi connectivity index (χ1v) is 12.3. The molecular weight excluding hydrogens is 481 g/mol. The molecule has 0 saturated carbocycles. The van der Waals surface area contributed by atoms with Gasteiger partial charge in [-0.15, -0.1) is 0 Å². The van der Waals surface area contributed by atoms with E-state index < -0.39 is 17.7 Å². The molecular formula is C26H24FN5O3S. The van der Waals surface area contributed by atoms with Gasteiger partial charge in [0.15, 0.2) is 0 Å². The van der Waals surface area contributed by atoms with Crippen LogP contribution in [0, 0.1) is 28.5 Å². The fraction of sp³-hybridized carbons (Fsp3) is 0.308. The number of aromatic nitrogens is 1. The van der Waals surface area contributed by atoms with Crippen molar-refractivity contribution in [1.29, 1.82) is 10.5 Å². The van der Waals surface area contributed by atoms with Crippen molar-refractivity contribution in [3.05, 3.63) is 81.3 Å². The van der Waals surface area contributed by atoms with E-state index in [9.17, 15) is 19.7 Å². The van der Waals surface area contributed by atoms with Gasteiger partial charge in [0.1, 0.15) is 34.3 Å². The summed E-state index contributed by atoms with van der Waals surface area (Å²) in [5.41, 5.74) is 9.13. The Hall–Kier alpha value is -3.86. The first-order chi connectivity index (χ1) is 17.4. The molecule has 2 N–H and O–H groups in total. The molecule has 2 aliphatic heterocycles. The minimum atomic E-state index is -0.888. The van der Waals surface area contributed by atoms with E-state index in [0.717, 1.165) is 30.8 Å². The summed E-state index contributed by atoms with van der Waals surface area (Å²) in [6, 6.07) is 11.6. The Kier molecular flexibility index (Phi) is 7.58. The minimum absolute atomic E-state index is 0.0344. The van der Waals surface area contributed by atoms with Crippen LogP contribution in [0.2, 0.25) is 0 Å². The highest BCUT2D eigenvalue weighted by Crippen LogP contribution is 2.41. The molecule has 36 heavy (non-hydrogen) atoms. The number of benzene rings is 1. The van der Waals surface area contributed by atoms with Crippen LogP contribution in [-0.2, 0) is 27.2 Å². The zero-order chi connectivity index (χ0) is 25.8. The lowest BCUT2D eigenvalue weighted by molar-refractivity contribution is -0.139. The third-order valence-electron chi connectivity index (χ3n) is 5.98. The van der Waals surface area contributed by atoms with Crippen LogP contribution in [0.1, 0.15) is 35.2 Å². The van der Waals surface area contributed by atoms with Gasteiger partial charge in [0, 0.05) is 25.2 Å². The number of rotatable bonds is 6. The van der Waals surface area contributed by atoms with Gasteiger partial charge < -0.3 is 20.1 Å². The van der Waals surface area contributed by atoms with Crippen LogP contribution in [0.15, 0.2) is 58.1 Å². The van der Waals surface area contributed by atoms with E-state index in [0.29, 0.717) is 16.2 Å². The number of likely N-dealkylation sites (N-methyl/N-ethyl adjacent to an activating group) is 1. The Balaban J connectivity index is 1.74. The number of carbonyl (C=O) groups is 1. The molecule has 0 aliphatic carbocycles. The Morgan fingerprint density at radius 1 is 1.33 bits per heavy atom. The van der Waals surface area contributed by atoms with Crippen LogP contribution in [0.4, 0.5) is 4.39 Å². The van der Waals surface area contributed by atoms with Crippen LogP contribution in [-0.4, -0.2) is 41.8 Å². The number of carbonyl (C=O) groups excluding carboxylic acids is 1. The number of allylic oxidation sites excluding steroid dienone is 1. The number of esters is 1. The second-order valence-corrected chi connectivity index (χ2v) is 9.33. The molecule has 10 heteroatoms. The summed E-state index contributed by atoms with van der Waals surface area (Å²) in [6.07, 6.45) is 0.770. The summed E-state index contributed by atoms with van der Waals surface area (Å²) in [7, 11) is 2.02. The molecule has 1 aromatic carbocycles. The number of nitrogens with zero attached hydrogens (tertiary/aromatic N) is 4. The summed E-state index contributed by atoms with van der Waals surface area (Å²) in [5.74, 6) is -1.82. The Labute approximate surface area is 212 Å². The van der Waals surface area contributed by atoms with E-state index in [1.165, 1.54) is 36.0 Å². The zero-order valence-electron chi connectivity index (χ0n) is 19.9. The van der Waals surface area contributed by atoms with E-state index in [1.807, 2.05) is 19.2 Å². The van der Waals surface area contributed by atoms with Crippen LogP contribution >= 0.6 is 11.8 Å². The number of pyridine rings is 1. The van der Waals surface area contributed by atoms with Crippen LogP contribution < -0.4 is 5.73 Å². The molecule has 0 unspecified atom stereocenters. The zero-order valence-corrected chi connectivity index (χ0v) is 20.7. The summed E-state index contributed by atoms with van der Waals surface area (Å²) < 4.78 is 24.7. The average molecular weight is 506 g/mol. The lowest BCUT2D eigenvalue weighted by Gasteiger charge is -2.28. The second-order valence-electron chi connectivity index (χ2n) is 8.37. The fourth-order valence-electron chi connectivity index (χ4n) is 4.26. The molecule has 2 aliphatic rings. The lowest BCUT2D eigenvalue weighted by atomic mass is 9.83. The van der Waals surface area contributed by atoms with E-state index in [4.69, 9.17) is 20.2 Å². The minimum Gasteiger partial charge on any atom is -0.463 e. The largest absolute Gasteiger partial charge is 0.463 e. The molecule has 1 atom stereocenters. The predicted octanol–water partition coefficient (Wildman–Crippen LogP) is 3.50. The van der Waals surface area contributed by atoms with Crippen molar-refractivity contribution < 1.29 is 18.7 Å². The van der Waals surface area contributed by atoms with Crippen molar-refractivity contribution in [2.45, 2.75) is 30.8 Å². The summed E-state index contributed by atoms with van der Waals surface area (Å²) in [5, 5.41) is 20.0. The third kappa shape index (κ3) is 5.06. The highest BCUT2D eigenvalue weighted by atomic mass is 32.2. The standard InChI is InChI=1S/C26H24FN5O3S/c1-3-34-26(33)23-21(35-24(30)19(12-29)22(23)15-4-6-18(27)7-5-15)14-36-25-16(11-28)10-17-13-32(2)9-8-20(17)31-25/h4-7,10,22H,3,8-9,13-14,30H2,1-2H3/t22-/m0/s1. The monoisotopic (exact) mass is 505 g/mol. The van der Waals surface area contributed by atoms with E-state index in [2.05, 4.69) is 11.0 Å². The number of hydrogen-bond donors (Lipinski definition) is 1. The molecule has 0 bridgehead atoms. The van der Waals surface area contributed by atoms with Gasteiger partial charge in [-0.1, -0.05) is 23.9 Å². The van der Waals surface area contributed by atoms with Crippen LogP contribution in [0.5, 0.6) is 0 Å². The SMILES string of the molecule is CCOC(=O)C1=C(CSc2nc3c(cc2C#N)CN(C)CC3)OC(N)=C(C#N)[C@@H]1c1ccc(F)cc1. The third-order valence-corrected chi connectivity index (χ3v) is 6.97. The number of ether oxygens (including phenoxy) is 2. The summed E-state index contributed by atoms with van der Waals surface area (Å²) in [4.78, 5) is 20.0. The number of nitriles is 2. The summed E-state index contributed by atoms with van der Waals surface area (Å²) >= 11 is 1.24. The maximum absolute atomic E-state index is 13.6. The van der Waals surface area contributed by atoms with Gasteiger partial charge in [-0.05, 0) is 43.3 Å². The average Bonchev–Trinajstić information content (AvgIpc) is 2.87. The van der Waals surface area contributed by atoms with Gasteiger partial charge in [0.05, 0.1) is 29.4 Å². The van der Waals surface area contributed by atoms with Crippen molar-refractivity contribution in [2.75, 3.05) is 26.0 Å². The molecule has 0 spiro atoms. The van der Waals surface area contributed by atoms with Crippen molar-refractivity contribution >= 4 is 17.7 Å². The number of fused-ring (bicyclic) bond motifs is 1. The molecule has 1 aromatic heterocycles. The second kappa shape index (κ2) is 10.8. The van der Waals surface area contributed by atoms with Gasteiger partial charge in [0.2, 0.25) is 5.88 Å². The van der Waals surface area contributed by atoms with Crippen molar-refractivity contribution in [3.8, 4) is 12.1 Å². The van der Waals surface area contributed by atoms with Gasteiger partial charge in [-0.25, -0.2) is 14.2 Å². The molecule has 4 rings (SSSR count). The molecule has 0 radical (unpaired) electrons. The van der Waals surface area contributed by atoms with Gasteiger partial charge in [-0.2, -0.15) is 10.5 Å². The Morgan fingerprint density at radius 3 is 2.75 bits per heavy atom. The Bertz CT molecular complexity index is 1340. The van der Waals surface area contributed by atoms with E-state index in [1.54, 1.807) is 6.92 Å². The number of nitrogens with two attached hydrogens (primary N) is 1. The van der Waals surface area contributed by atoms with E-state index in [-0.39, 0.29) is 35.1 Å². The van der Waals surface area contributed by atoms with Crippen molar-refractivity contribution in [1.82, 2.24) is 9.88 Å². The molecule has 3 heterocycles. The molecule has 0 saturated heterocycles. The first-order valence-electron chi connectivity index (χ1n) is 11.3.